The molecule has 110 valence electrons. The SMILES string of the molecule is CCCCn1ccnc1CCc1nccn1CCCC. The summed E-state index contributed by atoms with van der Waals surface area (Å²) in [5.74, 6) is 2.37. The summed E-state index contributed by atoms with van der Waals surface area (Å²) in [6, 6.07) is 0. The number of hydrogen-bond acceptors (Lipinski definition) is 2. The van der Waals surface area contributed by atoms with Crippen LogP contribution in [-0.2, 0) is 25.9 Å². The quantitative estimate of drug-likeness (QED) is 0.702. The van der Waals surface area contributed by atoms with E-state index in [9.17, 15) is 0 Å². The lowest BCUT2D eigenvalue weighted by Gasteiger charge is -2.09. The lowest BCUT2D eigenvalue weighted by atomic mass is 10.2. The summed E-state index contributed by atoms with van der Waals surface area (Å²) in [5, 5.41) is 0. The van der Waals surface area contributed by atoms with Gasteiger partial charge in [0.1, 0.15) is 11.6 Å². The molecule has 0 aromatic carbocycles. The van der Waals surface area contributed by atoms with Gasteiger partial charge < -0.3 is 9.13 Å². The minimum Gasteiger partial charge on any atom is -0.335 e. The van der Waals surface area contributed by atoms with Crippen LogP contribution in [0.25, 0.3) is 0 Å². The average Bonchev–Trinajstić information content (AvgIpc) is 3.09. The van der Waals surface area contributed by atoms with Crippen molar-refractivity contribution in [3.05, 3.63) is 36.4 Å². The first-order valence-corrected chi connectivity index (χ1v) is 7.85. The van der Waals surface area contributed by atoms with Crippen LogP contribution < -0.4 is 0 Å². The van der Waals surface area contributed by atoms with Crippen LogP contribution in [-0.4, -0.2) is 19.1 Å². The van der Waals surface area contributed by atoms with Gasteiger partial charge in [-0.1, -0.05) is 26.7 Å². The smallest absolute Gasteiger partial charge is 0.109 e. The van der Waals surface area contributed by atoms with E-state index in [0.717, 1.165) is 25.9 Å². The molecule has 0 radical (unpaired) electrons. The average molecular weight is 274 g/mol. The Morgan fingerprint density at radius 2 is 1.25 bits per heavy atom. The molecule has 4 nitrogen and oxygen atoms in total. The highest BCUT2D eigenvalue weighted by atomic mass is 15.1. The van der Waals surface area contributed by atoms with E-state index in [1.165, 1.54) is 37.3 Å². The largest absolute Gasteiger partial charge is 0.335 e. The molecule has 0 bridgehead atoms. The molecular formula is C16H26N4. The fourth-order valence-electron chi connectivity index (χ4n) is 2.42. The van der Waals surface area contributed by atoms with Crippen molar-refractivity contribution in [3.8, 4) is 0 Å². The monoisotopic (exact) mass is 274 g/mol. The van der Waals surface area contributed by atoms with Gasteiger partial charge in [-0.3, -0.25) is 0 Å². The molecule has 2 heterocycles. The number of nitrogens with zero attached hydrogens (tertiary/aromatic N) is 4. The van der Waals surface area contributed by atoms with Crippen LogP contribution in [0, 0.1) is 0 Å². The summed E-state index contributed by atoms with van der Waals surface area (Å²) in [7, 11) is 0. The van der Waals surface area contributed by atoms with E-state index >= 15 is 0 Å². The van der Waals surface area contributed by atoms with Crippen molar-refractivity contribution in [1.29, 1.82) is 0 Å². The van der Waals surface area contributed by atoms with E-state index in [0.29, 0.717) is 0 Å². The topological polar surface area (TPSA) is 35.6 Å². The van der Waals surface area contributed by atoms with E-state index in [1.54, 1.807) is 0 Å². The van der Waals surface area contributed by atoms with E-state index in [2.05, 4.69) is 45.3 Å². The molecule has 2 aromatic heterocycles. The molecule has 0 saturated carbocycles. The fourth-order valence-corrected chi connectivity index (χ4v) is 2.42. The Balaban J connectivity index is 1.92. The third-order valence-electron chi connectivity index (χ3n) is 3.68. The summed E-state index contributed by atoms with van der Waals surface area (Å²) in [6.45, 7) is 6.61. The molecule has 0 aliphatic carbocycles. The van der Waals surface area contributed by atoms with Crippen molar-refractivity contribution in [1.82, 2.24) is 19.1 Å². The van der Waals surface area contributed by atoms with E-state index in [-0.39, 0.29) is 0 Å². The van der Waals surface area contributed by atoms with Crippen molar-refractivity contribution < 1.29 is 0 Å². The number of aromatic nitrogens is 4. The van der Waals surface area contributed by atoms with E-state index < -0.39 is 0 Å². The summed E-state index contributed by atoms with van der Waals surface area (Å²) in [6.07, 6.45) is 14.8. The summed E-state index contributed by atoms with van der Waals surface area (Å²) in [4.78, 5) is 8.97. The van der Waals surface area contributed by atoms with Gasteiger partial charge >= 0.3 is 0 Å². The van der Waals surface area contributed by atoms with Gasteiger partial charge in [0.2, 0.25) is 0 Å². The van der Waals surface area contributed by atoms with Crippen LogP contribution in [0.4, 0.5) is 0 Å². The van der Waals surface area contributed by atoms with Crippen molar-refractivity contribution >= 4 is 0 Å². The molecule has 20 heavy (non-hydrogen) atoms. The second kappa shape index (κ2) is 7.88. The lowest BCUT2D eigenvalue weighted by molar-refractivity contribution is 0.577. The van der Waals surface area contributed by atoms with E-state index in [4.69, 9.17) is 0 Å². The number of hydrogen-bond donors (Lipinski definition) is 0. The normalized spacial score (nSPS) is 11.1. The van der Waals surface area contributed by atoms with Gasteiger partial charge in [-0.2, -0.15) is 0 Å². The highest BCUT2D eigenvalue weighted by molar-refractivity contribution is 4.99. The molecule has 4 heteroatoms. The molecule has 2 rings (SSSR count). The molecule has 0 unspecified atom stereocenters. The van der Waals surface area contributed by atoms with Gasteiger partial charge in [-0.25, -0.2) is 9.97 Å². The highest BCUT2D eigenvalue weighted by Crippen LogP contribution is 2.08. The Hall–Kier alpha value is -1.58. The summed E-state index contributed by atoms with van der Waals surface area (Å²) in [5.41, 5.74) is 0. The zero-order chi connectivity index (χ0) is 14.2. The lowest BCUT2D eigenvalue weighted by Crippen LogP contribution is -2.08. The zero-order valence-electron chi connectivity index (χ0n) is 12.8. The fraction of sp³-hybridized carbons (Fsp3) is 0.625. The molecule has 0 atom stereocenters. The number of rotatable bonds is 9. The standard InChI is InChI=1S/C16H26N4/c1-3-5-11-19-13-9-17-15(19)7-8-16-18-10-14-20(16)12-6-4-2/h9-10,13-14H,3-8,11-12H2,1-2H3. The number of aryl methyl sites for hydroxylation is 4. The first kappa shape index (κ1) is 14.8. The number of unbranched alkanes of at least 4 members (excludes halogenated alkanes) is 2. The maximum Gasteiger partial charge on any atom is 0.109 e. The Labute approximate surface area is 121 Å². The van der Waals surface area contributed by atoms with Crippen molar-refractivity contribution in [2.75, 3.05) is 0 Å². The van der Waals surface area contributed by atoms with Crippen LogP contribution in [0.2, 0.25) is 0 Å². The van der Waals surface area contributed by atoms with Gasteiger partial charge in [-0.15, -0.1) is 0 Å². The van der Waals surface area contributed by atoms with Crippen molar-refractivity contribution in [2.45, 2.75) is 65.5 Å². The summed E-state index contributed by atoms with van der Waals surface area (Å²) >= 11 is 0. The van der Waals surface area contributed by atoms with Gasteiger partial charge in [0.25, 0.3) is 0 Å². The first-order valence-electron chi connectivity index (χ1n) is 7.85. The first-order chi connectivity index (χ1) is 9.85. The Kier molecular flexibility index (Phi) is 5.84. The van der Waals surface area contributed by atoms with Crippen molar-refractivity contribution in [2.24, 2.45) is 0 Å². The van der Waals surface area contributed by atoms with Crippen LogP contribution in [0.15, 0.2) is 24.8 Å². The van der Waals surface area contributed by atoms with Gasteiger partial charge in [0.05, 0.1) is 0 Å². The molecule has 0 aliphatic heterocycles. The molecule has 0 amide bonds. The van der Waals surface area contributed by atoms with Crippen LogP contribution in [0.3, 0.4) is 0 Å². The summed E-state index contributed by atoms with van der Waals surface area (Å²) < 4.78 is 4.56. The van der Waals surface area contributed by atoms with Crippen LogP contribution in [0.5, 0.6) is 0 Å². The van der Waals surface area contributed by atoms with Crippen LogP contribution in [0.1, 0.15) is 51.2 Å². The Morgan fingerprint density at radius 3 is 1.65 bits per heavy atom. The maximum atomic E-state index is 4.49. The Morgan fingerprint density at radius 1 is 0.800 bits per heavy atom. The zero-order valence-corrected chi connectivity index (χ0v) is 12.8. The molecule has 0 aliphatic rings. The molecular weight excluding hydrogens is 248 g/mol. The molecule has 0 spiro atoms. The molecule has 0 N–H and O–H groups in total. The predicted octanol–water partition coefficient (Wildman–Crippen LogP) is 3.47. The minimum atomic E-state index is 0.972. The molecule has 0 fully saturated rings. The molecule has 2 aromatic rings. The highest BCUT2D eigenvalue weighted by Gasteiger charge is 2.07. The maximum absolute atomic E-state index is 4.49. The van der Waals surface area contributed by atoms with Gasteiger partial charge in [0.15, 0.2) is 0 Å². The van der Waals surface area contributed by atoms with Gasteiger partial charge in [0, 0.05) is 50.7 Å². The number of imidazole rings is 2. The molecule has 0 saturated heterocycles. The second-order valence-electron chi connectivity index (χ2n) is 5.28. The third kappa shape index (κ3) is 3.95. The van der Waals surface area contributed by atoms with E-state index in [1.807, 2.05) is 12.4 Å². The second-order valence-corrected chi connectivity index (χ2v) is 5.28. The van der Waals surface area contributed by atoms with Gasteiger partial charge in [-0.05, 0) is 12.8 Å². The van der Waals surface area contributed by atoms with Crippen LogP contribution >= 0.6 is 0 Å². The third-order valence-corrected chi connectivity index (χ3v) is 3.68. The minimum absolute atomic E-state index is 0.972. The Bertz CT molecular complexity index is 452. The van der Waals surface area contributed by atoms with Crippen molar-refractivity contribution in [3.63, 3.8) is 0 Å². The predicted molar refractivity (Wildman–Crippen MR) is 81.7 cm³/mol.